The van der Waals surface area contributed by atoms with E-state index >= 15 is 0 Å². The van der Waals surface area contributed by atoms with Crippen LogP contribution in [0.15, 0.2) is 42.5 Å². The van der Waals surface area contributed by atoms with Crippen molar-refractivity contribution in [1.82, 2.24) is 14.9 Å². The summed E-state index contributed by atoms with van der Waals surface area (Å²) in [5.74, 6) is 2.67. The lowest BCUT2D eigenvalue weighted by Gasteiger charge is -2.30. The second kappa shape index (κ2) is 13.8. The number of hydrogen-bond donors (Lipinski definition) is 1. The minimum Gasteiger partial charge on any atom is -0.497 e. The quantitative estimate of drug-likeness (QED) is 0.309. The SMILES string of the molecule is CNc1cc2c(c(C)n1)CC(CN(CCC1CN(c3ccc4c(n3)N(Cc3ccc(OC)cc3)C(=O)CO4)C(=O)O1)C(=O)OC(C)(C)C)C2. The molecule has 0 radical (unpaired) electrons. The van der Waals surface area contributed by atoms with Crippen LogP contribution in [0, 0.1) is 12.8 Å². The van der Waals surface area contributed by atoms with E-state index < -0.39 is 23.9 Å². The van der Waals surface area contributed by atoms with E-state index in [9.17, 15) is 14.4 Å². The van der Waals surface area contributed by atoms with Crippen LogP contribution in [-0.4, -0.2) is 85.1 Å². The highest BCUT2D eigenvalue weighted by Crippen LogP contribution is 2.35. The summed E-state index contributed by atoms with van der Waals surface area (Å²) in [6.07, 6.45) is 0.671. The molecule has 1 N–H and O–H groups in total. The largest absolute Gasteiger partial charge is 0.497 e. The fourth-order valence-electron chi connectivity index (χ4n) is 6.50. The Labute approximate surface area is 286 Å². The number of hydrogen-bond acceptors (Lipinski definition) is 10. The van der Waals surface area contributed by atoms with E-state index in [4.69, 9.17) is 23.9 Å². The maximum Gasteiger partial charge on any atom is 0.415 e. The van der Waals surface area contributed by atoms with Crippen LogP contribution >= 0.6 is 0 Å². The van der Waals surface area contributed by atoms with Crippen molar-refractivity contribution in [2.24, 2.45) is 5.92 Å². The average molecular weight is 673 g/mol. The molecule has 2 aromatic heterocycles. The Bertz CT molecular complexity index is 1720. The Balaban J connectivity index is 1.13. The standard InChI is InChI=1S/C36H44N6O7/c1-22-28-16-24(15-25(28)17-30(37-5)38-22)18-40(34(44)49-36(2,3)4)14-13-27-20-41(35(45)48-27)31-12-11-29-33(39-31)42(32(43)21-47-29)19-23-7-9-26(46-6)10-8-23/h7-12,17,24,27H,13-16,18-21H2,1-6H3,(H,37,38). The summed E-state index contributed by atoms with van der Waals surface area (Å²) in [6, 6.07) is 12.9. The van der Waals surface area contributed by atoms with Gasteiger partial charge in [-0.3, -0.25) is 14.6 Å². The summed E-state index contributed by atoms with van der Waals surface area (Å²) in [6.45, 7) is 8.84. The van der Waals surface area contributed by atoms with Crippen molar-refractivity contribution in [3.8, 4) is 11.5 Å². The van der Waals surface area contributed by atoms with Crippen molar-refractivity contribution in [2.75, 3.05) is 55.5 Å². The molecule has 0 spiro atoms. The lowest BCUT2D eigenvalue weighted by atomic mass is 10.1. The molecular formula is C36H44N6O7. The molecule has 3 amide bonds. The molecule has 2 atom stereocenters. The Kier molecular flexibility index (Phi) is 9.53. The Morgan fingerprint density at radius 3 is 2.59 bits per heavy atom. The van der Waals surface area contributed by atoms with Crippen molar-refractivity contribution in [3.05, 3.63) is 64.8 Å². The molecule has 2 aliphatic heterocycles. The van der Waals surface area contributed by atoms with Crippen LogP contribution in [-0.2, 0) is 33.7 Å². The first kappa shape index (κ1) is 33.8. The van der Waals surface area contributed by atoms with Crippen molar-refractivity contribution in [1.29, 1.82) is 0 Å². The van der Waals surface area contributed by atoms with E-state index in [1.54, 1.807) is 29.0 Å². The van der Waals surface area contributed by atoms with Crippen molar-refractivity contribution in [2.45, 2.75) is 65.2 Å². The van der Waals surface area contributed by atoms with Crippen molar-refractivity contribution >= 4 is 35.5 Å². The maximum absolute atomic E-state index is 13.4. The number of anilines is 3. The van der Waals surface area contributed by atoms with Gasteiger partial charge >= 0.3 is 12.2 Å². The zero-order valence-electron chi connectivity index (χ0n) is 28.9. The van der Waals surface area contributed by atoms with Crippen LogP contribution in [0.25, 0.3) is 0 Å². The van der Waals surface area contributed by atoms with Crippen LogP contribution < -0.4 is 24.6 Å². The molecule has 3 aliphatic rings. The molecule has 0 bridgehead atoms. The molecule has 13 heteroatoms. The number of carbonyl (C=O) groups is 3. The molecule has 1 aromatic carbocycles. The van der Waals surface area contributed by atoms with Crippen LogP contribution in [0.1, 0.15) is 49.6 Å². The number of rotatable bonds is 10. The first-order chi connectivity index (χ1) is 23.4. The van der Waals surface area contributed by atoms with E-state index in [-0.39, 0.29) is 31.5 Å². The van der Waals surface area contributed by atoms with Gasteiger partial charge in [0.2, 0.25) is 0 Å². The molecule has 2 unspecified atom stereocenters. The van der Waals surface area contributed by atoms with E-state index in [0.29, 0.717) is 42.6 Å². The van der Waals surface area contributed by atoms with Crippen molar-refractivity contribution in [3.63, 3.8) is 0 Å². The van der Waals surface area contributed by atoms with Gasteiger partial charge in [-0.05, 0) is 93.5 Å². The van der Waals surface area contributed by atoms with Crippen LogP contribution in [0.4, 0.5) is 27.0 Å². The number of nitrogens with one attached hydrogen (secondary N) is 1. The van der Waals surface area contributed by atoms with Gasteiger partial charge in [0.05, 0.1) is 20.2 Å². The summed E-state index contributed by atoms with van der Waals surface area (Å²) in [5.41, 5.74) is 3.72. The summed E-state index contributed by atoms with van der Waals surface area (Å²) in [4.78, 5) is 53.6. The van der Waals surface area contributed by atoms with Crippen molar-refractivity contribution < 1.29 is 33.3 Å². The molecule has 1 saturated heterocycles. The van der Waals surface area contributed by atoms with Gasteiger partial charge in [-0.25, -0.2) is 19.6 Å². The van der Waals surface area contributed by atoms with Gasteiger partial charge < -0.3 is 29.2 Å². The highest BCUT2D eigenvalue weighted by molar-refractivity contribution is 5.97. The number of benzene rings is 1. The van der Waals surface area contributed by atoms with Gasteiger partial charge in [0.15, 0.2) is 18.2 Å². The molecule has 0 saturated carbocycles. The van der Waals surface area contributed by atoms with E-state index in [0.717, 1.165) is 29.9 Å². The van der Waals surface area contributed by atoms with Gasteiger partial charge in [0.1, 0.15) is 29.1 Å². The number of fused-ring (bicyclic) bond motifs is 2. The second-order valence-corrected chi connectivity index (χ2v) is 13.7. The molecule has 4 heterocycles. The van der Waals surface area contributed by atoms with E-state index in [1.807, 2.05) is 59.0 Å². The minimum atomic E-state index is -0.655. The van der Waals surface area contributed by atoms with Gasteiger partial charge in [0.25, 0.3) is 5.91 Å². The maximum atomic E-state index is 13.4. The molecule has 1 aliphatic carbocycles. The van der Waals surface area contributed by atoms with Crippen LogP contribution in [0.3, 0.4) is 0 Å². The Hall–Kier alpha value is -5.07. The smallest absolute Gasteiger partial charge is 0.415 e. The number of aromatic nitrogens is 2. The normalized spacial score (nSPS) is 18.4. The summed E-state index contributed by atoms with van der Waals surface area (Å²) < 4.78 is 22.5. The van der Waals surface area contributed by atoms with Gasteiger partial charge in [-0.2, -0.15) is 0 Å². The topological polar surface area (TPSA) is 136 Å². The summed E-state index contributed by atoms with van der Waals surface area (Å²) in [7, 11) is 3.46. The number of aryl methyl sites for hydroxylation is 1. The lowest BCUT2D eigenvalue weighted by molar-refractivity contribution is -0.121. The highest BCUT2D eigenvalue weighted by Gasteiger charge is 2.37. The lowest BCUT2D eigenvalue weighted by Crippen LogP contribution is -2.41. The van der Waals surface area contributed by atoms with Crippen LogP contribution in [0.2, 0.25) is 0 Å². The number of pyridine rings is 2. The number of methoxy groups -OCH3 is 1. The highest BCUT2D eigenvalue weighted by atomic mass is 16.6. The number of nitrogens with zero attached hydrogens (tertiary/aromatic N) is 5. The van der Waals surface area contributed by atoms with Gasteiger partial charge in [-0.15, -0.1) is 0 Å². The van der Waals surface area contributed by atoms with E-state index in [2.05, 4.69) is 16.4 Å². The molecule has 49 heavy (non-hydrogen) atoms. The molecular weight excluding hydrogens is 628 g/mol. The Morgan fingerprint density at radius 1 is 1.10 bits per heavy atom. The van der Waals surface area contributed by atoms with Gasteiger partial charge in [0, 0.05) is 32.3 Å². The van der Waals surface area contributed by atoms with E-state index in [1.165, 1.54) is 16.0 Å². The summed E-state index contributed by atoms with van der Waals surface area (Å²) in [5, 5.41) is 3.13. The number of amides is 3. The third-order valence-electron chi connectivity index (χ3n) is 8.92. The molecule has 13 nitrogen and oxygen atoms in total. The third-order valence-corrected chi connectivity index (χ3v) is 8.92. The molecule has 6 rings (SSSR count). The zero-order chi connectivity index (χ0) is 34.9. The number of ether oxygens (including phenoxy) is 4. The van der Waals surface area contributed by atoms with Crippen LogP contribution in [0.5, 0.6) is 11.5 Å². The first-order valence-electron chi connectivity index (χ1n) is 16.6. The first-order valence-corrected chi connectivity index (χ1v) is 16.6. The monoisotopic (exact) mass is 672 g/mol. The molecule has 1 fully saturated rings. The Morgan fingerprint density at radius 2 is 1.88 bits per heavy atom. The minimum absolute atomic E-state index is 0.105. The fraction of sp³-hybridized carbons (Fsp3) is 0.472. The summed E-state index contributed by atoms with van der Waals surface area (Å²) >= 11 is 0. The predicted octanol–water partition coefficient (Wildman–Crippen LogP) is 5.13. The van der Waals surface area contributed by atoms with Gasteiger partial charge in [-0.1, -0.05) is 12.1 Å². The number of cyclic esters (lactones) is 1. The second-order valence-electron chi connectivity index (χ2n) is 13.7. The zero-order valence-corrected chi connectivity index (χ0v) is 28.9. The predicted molar refractivity (Wildman–Crippen MR) is 183 cm³/mol. The molecule has 3 aromatic rings. The average Bonchev–Trinajstić information content (AvgIpc) is 3.66. The third kappa shape index (κ3) is 7.65. The molecule has 260 valence electrons. The number of carbonyl (C=O) groups excluding carboxylic acids is 3. The fourth-order valence-corrected chi connectivity index (χ4v) is 6.50.